The van der Waals surface area contributed by atoms with E-state index in [2.05, 4.69) is 10.3 Å². The highest BCUT2D eigenvalue weighted by atomic mass is 32.2. The Bertz CT molecular complexity index is 541. The van der Waals surface area contributed by atoms with Crippen molar-refractivity contribution in [2.24, 2.45) is 5.92 Å². The Morgan fingerprint density at radius 2 is 2.15 bits per heavy atom. The SMILES string of the molecule is CCCN(CC1CC1)S(=O)(=O)c1ncccc1NCC. The number of hydrogen-bond acceptors (Lipinski definition) is 4. The lowest BCUT2D eigenvalue weighted by atomic mass is 10.4. The molecule has 1 aromatic rings. The van der Waals surface area contributed by atoms with Crippen LogP contribution in [0.2, 0.25) is 0 Å². The third-order valence-electron chi connectivity index (χ3n) is 3.35. The number of pyridine rings is 1. The Kier molecular flexibility index (Phi) is 4.99. The second-order valence-electron chi connectivity index (χ2n) is 5.19. The maximum absolute atomic E-state index is 12.8. The summed E-state index contributed by atoms with van der Waals surface area (Å²) in [4.78, 5) is 4.11. The van der Waals surface area contributed by atoms with E-state index in [1.165, 1.54) is 6.20 Å². The van der Waals surface area contributed by atoms with E-state index in [1.807, 2.05) is 13.8 Å². The van der Waals surface area contributed by atoms with Crippen molar-refractivity contribution < 1.29 is 8.42 Å². The van der Waals surface area contributed by atoms with Gasteiger partial charge in [-0.1, -0.05) is 6.92 Å². The van der Waals surface area contributed by atoms with E-state index in [4.69, 9.17) is 0 Å². The number of aromatic nitrogens is 1. The summed E-state index contributed by atoms with van der Waals surface area (Å²) in [5, 5.41) is 3.23. The third kappa shape index (κ3) is 3.49. The largest absolute Gasteiger partial charge is 0.383 e. The van der Waals surface area contributed by atoms with E-state index in [-0.39, 0.29) is 5.03 Å². The van der Waals surface area contributed by atoms with Crippen molar-refractivity contribution in [1.82, 2.24) is 9.29 Å². The number of anilines is 1. The quantitative estimate of drug-likeness (QED) is 0.800. The molecule has 0 unspecified atom stereocenters. The van der Waals surface area contributed by atoms with Crippen molar-refractivity contribution in [3.05, 3.63) is 18.3 Å². The maximum atomic E-state index is 12.8. The topological polar surface area (TPSA) is 62.3 Å². The molecule has 1 aromatic heterocycles. The van der Waals surface area contributed by atoms with Gasteiger partial charge in [-0.3, -0.25) is 0 Å². The van der Waals surface area contributed by atoms with Gasteiger partial charge in [-0.05, 0) is 44.2 Å². The van der Waals surface area contributed by atoms with Crippen molar-refractivity contribution in [1.29, 1.82) is 0 Å². The normalized spacial score (nSPS) is 15.6. The van der Waals surface area contributed by atoms with Crippen molar-refractivity contribution in [3.8, 4) is 0 Å². The molecule has 0 saturated heterocycles. The van der Waals surface area contributed by atoms with Gasteiger partial charge in [0.15, 0.2) is 5.03 Å². The highest BCUT2D eigenvalue weighted by molar-refractivity contribution is 7.89. The molecule has 1 aliphatic rings. The molecule has 1 fully saturated rings. The van der Waals surface area contributed by atoms with E-state index in [9.17, 15) is 8.42 Å². The van der Waals surface area contributed by atoms with Gasteiger partial charge in [-0.15, -0.1) is 0 Å². The fourth-order valence-electron chi connectivity index (χ4n) is 2.19. The second kappa shape index (κ2) is 6.54. The van der Waals surface area contributed by atoms with E-state index in [0.717, 1.165) is 19.3 Å². The Hall–Kier alpha value is -1.14. The summed E-state index contributed by atoms with van der Waals surface area (Å²) < 4.78 is 27.2. The zero-order chi connectivity index (χ0) is 14.6. The Morgan fingerprint density at radius 1 is 1.40 bits per heavy atom. The smallest absolute Gasteiger partial charge is 0.262 e. The summed E-state index contributed by atoms with van der Waals surface area (Å²) in [7, 11) is -3.51. The minimum absolute atomic E-state index is 0.149. The first-order valence-corrected chi connectivity index (χ1v) is 8.72. The summed E-state index contributed by atoms with van der Waals surface area (Å²) in [5.74, 6) is 0.530. The Balaban J connectivity index is 2.30. The molecule has 20 heavy (non-hydrogen) atoms. The van der Waals surface area contributed by atoms with Gasteiger partial charge in [-0.2, -0.15) is 4.31 Å². The molecule has 0 amide bonds. The number of nitrogens with one attached hydrogen (secondary N) is 1. The number of nitrogens with zero attached hydrogens (tertiary/aromatic N) is 2. The fraction of sp³-hybridized carbons (Fsp3) is 0.643. The lowest BCUT2D eigenvalue weighted by Crippen LogP contribution is -2.34. The van der Waals surface area contributed by atoms with Crippen LogP contribution in [0, 0.1) is 5.92 Å². The van der Waals surface area contributed by atoms with Crippen LogP contribution in [0.5, 0.6) is 0 Å². The third-order valence-corrected chi connectivity index (χ3v) is 5.18. The molecular weight excluding hydrogens is 274 g/mol. The molecule has 0 bridgehead atoms. The maximum Gasteiger partial charge on any atom is 0.262 e. The molecule has 0 atom stereocenters. The standard InChI is InChI=1S/C14H23N3O2S/c1-3-10-17(11-12-7-8-12)20(18,19)14-13(15-4-2)6-5-9-16-14/h5-6,9,12,15H,3-4,7-8,10-11H2,1-2H3. The van der Waals surface area contributed by atoms with Crippen LogP contribution in [0.3, 0.4) is 0 Å². The fourth-order valence-corrected chi connectivity index (χ4v) is 3.88. The molecule has 1 saturated carbocycles. The minimum atomic E-state index is -3.51. The summed E-state index contributed by atoms with van der Waals surface area (Å²) in [6.07, 6.45) is 4.63. The highest BCUT2D eigenvalue weighted by Crippen LogP contribution is 2.32. The summed E-state index contributed by atoms with van der Waals surface area (Å²) in [6, 6.07) is 3.52. The van der Waals surface area contributed by atoms with Gasteiger partial charge in [0.05, 0.1) is 5.69 Å². The molecule has 5 nitrogen and oxygen atoms in total. The lowest BCUT2D eigenvalue weighted by Gasteiger charge is -2.22. The molecule has 2 rings (SSSR count). The Labute approximate surface area is 121 Å². The van der Waals surface area contributed by atoms with Crippen LogP contribution in [0.1, 0.15) is 33.1 Å². The van der Waals surface area contributed by atoms with Gasteiger partial charge in [0.25, 0.3) is 10.0 Å². The molecule has 0 aliphatic heterocycles. The van der Waals surface area contributed by atoms with Crippen LogP contribution in [0.25, 0.3) is 0 Å². The average molecular weight is 297 g/mol. The van der Waals surface area contributed by atoms with E-state index in [1.54, 1.807) is 16.4 Å². The summed E-state index contributed by atoms with van der Waals surface area (Å²) in [5.41, 5.74) is 0.590. The molecule has 1 heterocycles. The van der Waals surface area contributed by atoms with Crippen molar-refractivity contribution >= 4 is 15.7 Å². The van der Waals surface area contributed by atoms with E-state index in [0.29, 0.717) is 31.2 Å². The zero-order valence-corrected chi connectivity index (χ0v) is 13.0. The van der Waals surface area contributed by atoms with Crippen LogP contribution in [0.15, 0.2) is 23.4 Å². The number of sulfonamides is 1. The van der Waals surface area contributed by atoms with Crippen molar-refractivity contribution in [3.63, 3.8) is 0 Å². The highest BCUT2D eigenvalue weighted by Gasteiger charge is 2.33. The van der Waals surface area contributed by atoms with Gasteiger partial charge in [0.1, 0.15) is 0 Å². The first kappa shape index (κ1) is 15.3. The predicted molar refractivity (Wildman–Crippen MR) is 80.2 cm³/mol. The lowest BCUT2D eigenvalue weighted by molar-refractivity contribution is 0.394. The molecule has 1 aliphatic carbocycles. The van der Waals surface area contributed by atoms with Gasteiger partial charge in [-0.25, -0.2) is 13.4 Å². The summed E-state index contributed by atoms with van der Waals surface area (Å²) in [6.45, 7) is 5.79. The molecular formula is C14H23N3O2S. The molecule has 0 aromatic carbocycles. The average Bonchev–Trinajstić information content (AvgIpc) is 3.23. The van der Waals surface area contributed by atoms with Crippen molar-refractivity contribution in [2.45, 2.75) is 38.1 Å². The monoisotopic (exact) mass is 297 g/mol. The predicted octanol–water partition coefficient (Wildman–Crippen LogP) is 2.32. The molecule has 0 spiro atoms. The minimum Gasteiger partial charge on any atom is -0.383 e. The van der Waals surface area contributed by atoms with Crippen LogP contribution in [0.4, 0.5) is 5.69 Å². The molecule has 112 valence electrons. The first-order chi connectivity index (χ1) is 9.59. The van der Waals surface area contributed by atoms with Gasteiger partial charge >= 0.3 is 0 Å². The van der Waals surface area contributed by atoms with Crippen molar-refractivity contribution in [2.75, 3.05) is 25.0 Å². The summed E-state index contributed by atoms with van der Waals surface area (Å²) >= 11 is 0. The van der Waals surface area contributed by atoms with Gasteiger partial charge < -0.3 is 5.32 Å². The molecule has 1 N–H and O–H groups in total. The molecule has 6 heteroatoms. The van der Waals surface area contributed by atoms with Gasteiger partial charge in [0.2, 0.25) is 0 Å². The zero-order valence-electron chi connectivity index (χ0n) is 12.2. The van der Waals surface area contributed by atoms with E-state index < -0.39 is 10.0 Å². The van der Waals surface area contributed by atoms with Crippen LogP contribution >= 0.6 is 0 Å². The first-order valence-electron chi connectivity index (χ1n) is 7.28. The number of rotatable bonds is 8. The Morgan fingerprint density at radius 3 is 2.75 bits per heavy atom. The molecule has 0 radical (unpaired) electrons. The van der Waals surface area contributed by atoms with Crippen LogP contribution in [-0.2, 0) is 10.0 Å². The van der Waals surface area contributed by atoms with Crippen LogP contribution < -0.4 is 5.32 Å². The van der Waals surface area contributed by atoms with E-state index >= 15 is 0 Å². The van der Waals surface area contributed by atoms with Gasteiger partial charge in [0, 0.05) is 25.8 Å². The number of hydrogen-bond donors (Lipinski definition) is 1. The van der Waals surface area contributed by atoms with Crippen LogP contribution in [-0.4, -0.2) is 37.3 Å². The second-order valence-corrected chi connectivity index (χ2v) is 7.05.